The van der Waals surface area contributed by atoms with Crippen molar-refractivity contribution >= 4 is 27.5 Å². The normalized spacial score (nSPS) is 12.7. The molecule has 0 aliphatic rings. The van der Waals surface area contributed by atoms with Crippen LogP contribution >= 0.6 is 0 Å². The van der Waals surface area contributed by atoms with E-state index in [1.54, 1.807) is 0 Å². The number of hydrogen-bond acceptors (Lipinski definition) is 4. The molecule has 0 unspecified atom stereocenters. The Labute approximate surface area is 223 Å². The van der Waals surface area contributed by atoms with Crippen molar-refractivity contribution < 1.29 is 31.2 Å². The standard InChI is InChI=1S/C27H36F3N3O4S/c1-5-24(26(35)31-20(2)3)32(18-16-21-11-7-6-8-12-21)25(34)15-10-17-33(38(4,36)37)23-14-9-13-22(19-23)27(28,29)30/h6-9,11-14,19-20,24H,5,10,15-18H2,1-4H3,(H,31,35)/t24-/m1/s1. The number of nitrogens with one attached hydrogen (secondary N) is 1. The van der Waals surface area contributed by atoms with Gasteiger partial charge in [0.15, 0.2) is 0 Å². The summed E-state index contributed by atoms with van der Waals surface area (Å²) in [7, 11) is -3.92. The molecule has 0 aliphatic heterocycles. The number of halogens is 3. The maximum absolute atomic E-state index is 13.3. The first kappa shape index (κ1) is 31.1. The van der Waals surface area contributed by atoms with Gasteiger partial charge in [0.2, 0.25) is 21.8 Å². The van der Waals surface area contributed by atoms with Crippen LogP contribution in [0.1, 0.15) is 51.2 Å². The summed E-state index contributed by atoms with van der Waals surface area (Å²) in [5.41, 5.74) is -0.0931. The number of sulfonamides is 1. The van der Waals surface area contributed by atoms with Crippen LogP contribution in [-0.2, 0) is 32.2 Å². The molecule has 0 bridgehead atoms. The highest BCUT2D eigenvalue weighted by atomic mass is 32.2. The van der Waals surface area contributed by atoms with Gasteiger partial charge in [-0.25, -0.2) is 8.42 Å². The van der Waals surface area contributed by atoms with Crippen molar-refractivity contribution in [2.75, 3.05) is 23.7 Å². The van der Waals surface area contributed by atoms with Gasteiger partial charge < -0.3 is 10.2 Å². The van der Waals surface area contributed by atoms with E-state index in [9.17, 15) is 31.2 Å². The fraction of sp³-hybridized carbons (Fsp3) is 0.481. The summed E-state index contributed by atoms with van der Waals surface area (Å²) < 4.78 is 65.2. The second-order valence-electron chi connectivity index (χ2n) is 9.40. The number of nitrogens with zero attached hydrogens (tertiary/aromatic N) is 2. The molecule has 0 saturated heterocycles. The molecule has 2 rings (SSSR count). The number of amides is 2. The molecule has 1 atom stereocenters. The minimum atomic E-state index is -4.62. The number of benzene rings is 2. The number of alkyl halides is 3. The zero-order chi connectivity index (χ0) is 28.5. The fourth-order valence-corrected chi connectivity index (χ4v) is 5.08. The molecule has 210 valence electrons. The third kappa shape index (κ3) is 9.34. The molecule has 38 heavy (non-hydrogen) atoms. The second kappa shape index (κ2) is 13.6. The topological polar surface area (TPSA) is 86.8 Å². The lowest BCUT2D eigenvalue weighted by atomic mass is 10.1. The molecule has 0 heterocycles. The highest BCUT2D eigenvalue weighted by Crippen LogP contribution is 2.32. The zero-order valence-electron chi connectivity index (χ0n) is 22.2. The van der Waals surface area contributed by atoms with E-state index in [0.717, 1.165) is 34.3 Å². The summed E-state index contributed by atoms with van der Waals surface area (Å²) in [5.74, 6) is -0.602. The van der Waals surface area contributed by atoms with E-state index in [-0.39, 0.29) is 49.5 Å². The van der Waals surface area contributed by atoms with Crippen molar-refractivity contribution in [3.05, 3.63) is 65.7 Å². The van der Waals surface area contributed by atoms with Crippen molar-refractivity contribution in [1.82, 2.24) is 10.2 Å². The van der Waals surface area contributed by atoms with E-state index in [2.05, 4.69) is 5.32 Å². The SMILES string of the molecule is CC[C@H](C(=O)NC(C)C)N(CCc1ccccc1)C(=O)CCCN(c1cccc(C(F)(F)F)c1)S(C)(=O)=O. The van der Waals surface area contributed by atoms with Crippen molar-refractivity contribution in [2.45, 2.75) is 64.7 Å². The first-order valence-corrected chi connectivity index (χ1v) is 14.4. The van der Waals surface area contributed by atoms with Crippen LogP contribution in [0.3, 0.4) is 0 Å². The Morgan fingerprint density at radius 2 is 1.66 bits per heavy atom. The van der Waals surface area contributed by atoms with Crippen molar-refractivity contribution in [3.8, 4) is 0 Å². The van der Waals surface area contributed by atoms with Gasteiger partial charge in [-0.2, -0.15) is 13.2 Å². The Morgan fingerprint density at radius 1 is 1.00 bits per heavy atom. The molecule has 0 radical (unpaired) electrons. The lowest BCUT2D eigenvalue weighted by molar-refractivity contribution is -0.141. The largest absolute Gasteiger partial charge is 0.416 e. The molecular weight excluding hydrogens is 519 g/mol. The minimum absolute atomic E-state index is 0.0617. The van der Waals surface area contributed by atoms with Gasteiger partial charge in [-0.3, -0.25) is 13.9 Å². The van der Waals surface area contributed by atoms with Crippen LogP contribution in [0.25, 0.3) is 0 Å². The lowest BCUT2D eigenvalue weighted by Gasteiger charge is -2.31. The molecule has 7 nitrogen and oxygen atoms in total. The van der Waals surface area contributed by atoms with Crippen LogP contribution in [0.5, 0.6) is 0 Å². The molecule has 0 spiro atoms. The smallest absolute Gasteiger partial charge is 0.352 e. The average molecular weight is 556 g/mol. The Hall–Kier alpha value is -3.08. The van der Waals surface area contributed by atoms with Gasteiger partial charge in [-0.05, 0) is 56.9 Å². The van der Waals surface area contributed by atoms with E-state index in [1.807, 2.05) is 51.1 Å². The van der Waals surface area contributed by atoms with E-state index >= 15 is 0 Å². The van der Waals surface area contributed by atoms with Crippen LogP contribution < -0.4 is 9.62 Å². The van der Waals surface area contributed by atoms with Gasteiger partial charge in [0.25, 0.3) is 0 Å². The molecular formula is C27H36F3N3O4S. The Morgan fingerprint density at radius 3 is 2.21 bits per heavy atom. The van der Waals surface area contributed by atoms with Gasteiger partial charge in [0.1, 0.15) is 6.04 Å². The summed E-state index contributed by atoms with van der Waals surface area (Å²) in [6.07, 6.45) is -2.82. The maximum atomic E-state index is 13.3. The molecule has 0 aromatic heterocycles. The van der Waals surface area contributed by atoms with Crippen LogP contribution in [-0.4, -0.2) is 56.6 Å². The average Bonchev–Trinajstić information content (AvgIpc) is 2.83. The van der Waals surface area contributed by atoms with E-state index in [4.69, 9.17) is 0 Å². The fourth-order valence-electron chi connectivity index (χ4n) is 4.12. The molecule has 2 amide bonds. The highest BCUT2D eigenvalue weighted by Gasteiger charge is 2.32. The molecule has 0 saturated carbocycles. The molecule has 0 aliphatic carbocycles. The predicted molar refractivity (Wildman–Crippen MR) is 142 cm³/mol. The van der Waals surface area contributed by atoms with Gasteiger partial charge in [0.05, 0.1) is 17.5 Å². The van der Waals surface area contributed by atoms with Gasteiger partial charge in [0, 0.05) is 25.6 Å². The third-order valence-corrected chi connectivity index (χ3v) is 7.11. The number of anilines is 1. The Balaban J connectivity index is 2.20. The molecule has 0 fully saturated rings. The Kier molecular flexibility index (Phi) is 11.2. The van der Waals surface area contributed by atoms with Crippen molar-refractivity contribution in [3.63, 3.8) is 0 Å². The van der Waals surface area contributed by atoms with Gasteiger partial charge in [-0.1, -0.05) is 43.3 Å². The first-order chi connectivity index (χ1) is 17.7. The summed E-state index contributed by atoms with van der Waals surface area (Å²) in [4.78, 5) is 27.7. The van der Waals surface area contributed by atoms with E-state index in [1.165, 1.54) is 11.0 Å². The van der Waals surface area contributed by atoms with Crippen LogP contribution in [0.4, 0.5) is 18.9 Å². The number of hydrogen-bond donors (Lipinski definition) is 1. The monoisotopic (exact) mass is 555 g/mol. The molecule has 11 heteroatoms. The zero-order valence-corrected chi connectivity index (χ0v) is 23.0. The summed E-state index contributed by atoms with van der Waals surface area (Å²) in [6, 6.07) is 12.8. The highest BCUT2D eigenvalue weighted by molar-refractivity contribution is 7.92. The van der Waals surface area contributed by atoms with Gasteiger partial charge in [-0.15, -0.1) is 0 Å². The van der Waals surface area contributed by atoms with Crippen LogP contribution in [0.2, 0.25) is 0 Å². The van der Waals surface area contributed by atoms with Crippen LogP contribution in [0, 0.1) is 0 Å². The lowest BCUT2D eigenvalue weighted by Crippen LogP contribution is -2.51. The summed E-state index contributed by atoms with van der Waals surface area (Å²) >= 11 is 0. The van der Waals surface area contributed by atoms with Crippen molar-refractivity contribution in [1.29, 1.82) is 0 Å². The number of rotatable bonds is 13. The third-order valence-electron chi connectivity index (χ3n) is 5.91. The summed E-state index contributed by atoms with van der Waals surface area (Å²) in [6.45, 7) is 5.57. The van der Waals surface area contributed by atoms with Crippen molar-refractivity contribution in [2.24, 2.45) is 0 Å². The molecule has 2 aromatic rings. The number of carbonyl (C=O) groups is 2. The maximum Gasteiger partial charge on any atom is 0.416 e. The van der Waals surface area contributed by atoms with Gasteiger partial charge >= 0.3 is 6.18 Å². The molecule has 1 N–H and O–H groups in total. The number of carbonyl (C=O) groups excluding carboxylic acids is 2. The minimum Gasteiger partial charge on any atom is -0.352 e. The van der Waals surface area contributed by atoms with E-state index in [0.29, 0.717) is 12.8 Å². The second-order valence-corrected chi connectivity index (χ2v) is 11.3. The first-order valence-electron chi connectivity index (χ1n) is 12.5. The predicted octanol–water partition coefficient (Wildman–Crippen LogP) is 4.63. The Bertz CT molecular complexity index is 1170. The quantitative estimate of drug-likeness (QED) is 0.391. The van der Waals surface area contributed by atoms with E-state index < -0.39 is 27.8 Å². The summed E-state index contributed by atoms with van der Waals surface area (Å²) in [5, 5.41) is 2.85. The molecule has 2 aromatic carbocycles. The van der Waals surface area contributed by atoms with Crippen LogP contribution in [0.15, 0.2) is 54.6 Å².